The molecule has 0 spiro atoms. The Morgan fingerprint density at radius 3 is 2.75 bits per heavy atom. The summed E-state index contributed by atoms with van der Waals surface area (Å²) in [6.45, 7) is 0.685. The van der Waals surface area contributed by atoms with Crippen molar-refractivity contribution in [2.24, 2.45) is 0 Å². The van der Waals surface area contributed by atoms with Gasteiger partial charge in [-0.05, 0) is 23.6 Å². The topological polar surface area (TPSA) is 26.3 Å². The van der Waals surface area contributed by atoms with Gasteiger partial charge >= 0.3 is 0 Å². The quantitative estimate of drug-likeness (QED) is 0.782. The van der Waals surface area contributed by atoms with Crippen LogP contribution in [-0.4, -0.2) is 12.4 Å². The van der Waals surface area contributed by atoms with E-state index in [9.17, 15) is 4.79 Å². The second-order valence-corrected chi connectivity index (χ2v) is 5.77. The Bertz CT molecular complexity index is 636. The summed E-state index contributed by atoms with van der Waals surface area (Å²) in [6, 6.07) is 15.8. The van der Waals surface area contributed by atoms with E-state index in [-0.39, 0.29) is 11.9 Å². The minimum absolute atomic E-state index is 0.110. The highest BCUT2D eigenvalue weighted by molar-refractivity contribution is 9.10. The van der Waals surface area contributed by atoms with Crippen LogP contribution in [0, 0.1) is 0 Å². The fourth-order valence-corrected chi connectivity index (χ4v) is 3.12. The second-order valence-electron chi connectivity index (χ2n) is 4.92. The fourth-order valence-electron chi connectivity index (χ4n) is 2.61. The number of benzene rings is 2. The average molecular weight is 331 g/mol. The van der Waals surface area contributed by atoms with E-state index in [0.29, 0.717) is 13.0 Å². The molecule has 0 radical (unpaired) electrons. The number of hydrogen-bond donors (Lipinski definition) is 0. The molecule has 0 saturated heterocycles. The zero-order valence-corrected chi connectivity index (χ0v) is 12.6. The van der Waals surface area contributed by atoms with Crippen LogP contribution in [0.2, 0.25) is 0 Å². The molecular weight excluding hydrogens is 316 g/mol. The Labute approximate surface area is 126 Å². The van der Waals surface area contributed by atoms with Gasteiger partial charge in [-0.2, -0.15) is 0 Å². The molecule has 3 rings (SSSR count). The fraction of sp³-hybridized carbons (Fsp3) is 0.235. The average Bonchev–Trinajstić information content (AvgIpc) is 2.48. The molecule has 1 heterocycles. The van der Waals surface area contributed by atoms with Gasteiger partial charge < -0.3 is 4.74 Å². The maximum Gasteiger partial charge on any atom is 0.166 e. The molecule has 0 aromatic heterocycles. The zero-order valence-electron chi connectivity index (χ0n) is 11.0. The largest absolute Gasteiger partial charge is 0.373 e. The van der Waals surface area contributed by atoms with Gasteiger partial charge in [0.15, 0.2) is 5.78 Å². The minimum atomic E-state index is -0.125. The first-order valence-electron chi connectivity index (χ1n) is 6.73. The highest BCUT2D eigenvalue weighted by Crippen LogP contribution is 2.31. The van der Waals surface area contributed by atoms with Crippen LogP contribution >= 0.6 is 15.9 Å². The lowest BCUT2D eigenvalue weighted by atomic mass is 9.93. The van der Waals surface area contributed by atoms with Crippen molar-refractivity contribution in [3.05, 3.63) is 69.7 Å². The summed E-state index contributed by atoms with van der Waals surface area (Å²) in [5, 5.41) is 0. The van der Waals surface area contributed by atoms with Crippen LogP contribution in [0.3, 0.4) is 0 Å². The number of halogens is 1. The monoisotopic (exact) mass is 330 g/mol. The summed E-state index contributed by atoms with van der Waals surface area (Å²) in [6.07, 6.45) is 1.19. The standard InChI is InChI=1S/C17H15BrO2/c18-15-8-4-3-7-14(15)16(19)11-17-13-6-2-1-5-12(13)9-10-20-17/h1-8,17H,9-11H2. The van der Waals surface area contributed by atoms with Gasteiger partial charge in [-0.25, -0.2) is 0 Å². The summed E-state index contributed by atoms with van der Waals surface area (Å²) in [4.78, 5) is 12.4. The molecule has 3 heteroatoms. The predicted molar refractivity (Wildman–Crippen MR) is 81.9 cm³/mol. The van der Waals surface area contributed by atoms with Crippen molar-refractivity contribution in [2.75, 3.05) is 6.61 Å². The molecule has 2 aromatic rings. The summed E-state index contributed by atoms with van der Waals surface area (Å²) in [7, 11) is 0. The Balaban J connectivity index is 1.83. The third-order valence-corrected chi connectivity index (χ3v) is 4.33. The van der Waals surface area contributed by atoms with Crippen molar-refractivity contribution in [3.8, 4) is 0 Å². The number of fused-ring (bicyclic) bond motifs is 1. The molecule has 0 fully saturated rings. The first-order chi connectivity index (χ1) is 9.75. The molecule has 20 heavy (non-hydrogen) atoms. The van der Waals surface area contributed by atoms with Gasteiger partial charge in [0.25, 0.3) is 0 Å². The number of carbonyl (C=O) groups excluding carboxylic acids is 1. The van der Waals surface area contributed by atoms with Crippen LogP contribution in [0.4, 0.5) is 0 Å². The number of Topliss-reactive ketones (excluding diaryl/α,β-unsaturated/α-hetero) is 1. The van der Waals surface area contributed by atoms with E-state index in [1.165, 1.54) is 5.56 Å². The van der Waals surface area contributed by atoms with Crippen LogP contribution in [0.25, 0.3) is 0 Å². The zero-order chi connectivity index (χ0) is 13.9. The van der Waals surface area contributed by atoms with Crippen molar-refractivity contribution in [2.45, 2.75) is 18.9 Å². The molecule has 1 aliphatic heterocycles. The van der Waals surface area contributed by atoms with Gasteiger partial charge in [0.1, 0.15) is 0 Å². The van der Waals surface area contributed by atoms with Crippen LogP contribution in [0.1, 0.15) is 34.0 Å². The van der Waals surface area contributed by atoms with Crippen LogP contribution in [0.15, 0.2) is 53.0 Å². The molecule has 1 aliphatic rings. The highest BCUT2D eigenvalue weighted by Gasteiger charge is 2.24. The molecule has 0 bridgehead atoms. The Morgan fingerprint density at radius 2 is 1.90 bits per heavy atom. The van der Waals surface area contributed by atoms with E-state index in [4.69, 9.17) is 4.74 Å². The molecule has 0 N–H and O–H groups in total. The maximum absolute atomic E-state index is 12.4. The number of ketones is 1. The van der Waals surface area contributed by atoms with E-state index in [1.54, 1.807) is 0 Å². The van der Waals surface area contributed by atoms with Gasteiger partial charge in [-0.3, -0.25) is 4.79 Å². The molecule has 2 nitrogen and oxygen atoms in total. The van der Waals surface area contributed by atoms with E-state index in [2.05, 4.69) is 28.1 Å². The van der Waals surface area contributed by atoms with Gasteiger partial charge in [0.05, 0.1) is 12.7 Å². The van der Waals surface area contributed by atoms with E-state index in [1.807, 2.05) is 36.4 Å². The number of hydrogen-bond acceptors (Lipinski definition) is 2. The van der Waals surface area contributed by atoms with Gasteiger partial charge in [-0.15, -0.1) is 0 Å². The molecule has 0 saturated carbocycles. The van der Waals surface area contributed by atoms with Crippen LogP contribution < -0.4 is 0 Å². The Hall–Kier alpha value is -1.45. The van der Waals surface area contributed by atoms with Gasteiger partial charge in [-0.1, -0.05) is 58.4 Å². The van der Waals surface area contributed by atoms with Crippen molar-refractivity contribution >= 4 is 21.7 Å². The van der Waals surface area contributed by atoms with Gasteiger partial charge in [0, 0.05) is 16.5 Å². The molecule has 0 amide bonds. The first kappa shape index (κ1) is 13.5. The molecule has 102 valence electrons. The highest BCUT2D eigenvalue weighted by atomic mass is 79.9. The van der Waals surface area contributed by atoms with Crippen molar-refractivity contribution in [3.63, 3.8) is 0 Å². The van der Waals surface area contributed by atoms with Gasteiger partial charge in [0.2, 0.25) is 0 Å². The van der Waals surface area contributed by atoms with Crippen LogP contribution in [0.5, 0.6) is 0 Å². The van der Waals surface area contributed by atoms with E-state index < -0.39 is 0 Å². The lowest BCUT2D eigenvalue weighted by molar-refractivity contribution is 0.0351. The maximum atomic E-state index is 12.4. The van der Waals surface area contributed by atoms with Crippen molar-refractivity contribution < 1.29 is 9.53 Å². The normalized spacial score (nSPS) is 17.6. The van der Waals surface area contributed by atoms with E-state index >= 15 is 0 Å². The molecular formula is C17H15BrO2. The van der Waals surface area contributed by atoms with E-state index in [0.717, 1.165) is 22.0 Å². The second kappa shape index (κ2) is 5.90. The molecule has 0 aliphatic carbocycles. The van der Waals surface area contributed by atoms with Crippen molar-refractivity contribution in [1.29, 1.82) is 0 Å². The Morgan fingerprint density at radius 1 is 1.15 bits per heavy atom. The third kappa shape index (κ3) is 2.69. The predicted octanol–water partition coefficient (Wildman–Crippen LogP) is 4.34. The summed E-state index contributed by atoms with van der Waals surface area (Å²) in [5.41, 5.74) is 3.17. The number of carbonyl (C=O) groups is 1. The summed E-state index contributed by atoms with van der Waals surface area (Å²) in [5.74, 6) is 0.110. The summed E-state index contributed by atoms with van der Waals surface area (Å²) < 4.78 is 6.64. The molecule has 1 atom stereocenters. The molecule has 2 aromatic carbocycles. The number of ether oxygens (including phenoxy) is 1. The third-order valence-electron chi connectivity index (χ3n) is 3.64. The molecule has 1 unspecified atom stereocenters. The van der Waals surface area contributed by atoms with Crippen molar-refractivity contribution in [1.82, 2.24) is 0 Å². The summed E-state index contributed by atoms with van der Waals surface area (Å²) >= 11 is 3.43. The smallest absolute Gasteiger partial charge is 0.166 e. The SMILES string of the molecule is O=C(CC1OCCc2ccccc21)c1ccccc1Br. The lowest BCUT2D eigenvalue weighted by Crippen LogP contribution is -2.19. The first-order valence-corrected chi connectivity index (χ1v) is 7.52. The number of rotatable bonds is 3. The lowest BCUT2D eigenvalue weighted by Gasteiger charge is -2.25. The van der Waals surface area contributed by atoms with Crippen LogP contribution in [-0.2, 0) is 11.2 Å². The minimum Gasteiger partial charge on any atom is -0.373 e. The Kier molecular flexibility index (Phi) is 3.99.